The highest BCUT2D eigenvalue weighted by molar-refractivity contribution is 5.34. The normalized spacial score (nSPS) is 28.1. The summed E-state index contributed by atoms with van der Waals surface area (Å²) in [5.74, 6) is 0.945. The zero-order valence-electron chi connectivity index (χ0n) is 11.5. The molecule has 1 fully saturated rings. The molecule has 1 aromatic carbocycles. The fraction of sp³-hybridized carbons (Fsp3) is 0.600. The van der Waals surface area contributed by atoms with Gasteiger partial charge in [-0.25, -0.2) is 0 Å². The lowest BCUT2D eigenvalue weighted by atomic mass is 9.93. The molecule has 1 N–H and O–H groups in total. The van der Waals surface area contributed by atoms with Crippen LogP contribution in [0.2, 0.25) is 0 Å². The number of rotatable bonds is 4. The van der Waals surface area contributed by atoms with Gasteiger partial charge in [-0.2, -0.15) is 0 Å². The smallest absolute Gasteiger partial charge is 0.122 e. The second kappa shape index (κ2) is 5.72. The fourth-order valence-corrected chi connectivity index (χ4v) is 2.57. The van der Waals surface area contributed by atoms with E-state index < -0.39 is 0 Å². The average Bonchev–Trinajstić information content (AvgIpc) is 2.39. The molecular weight excluding hydrogens is 226 g/mol. The molecule has 0 bridgehead atoms. The lowest BCUT2D eigenvalue weighted by Gasteiger charge is -2.39. The van der Waals surface area contributed by atoms with E-state index in [4.69, 9.17) is 9.47 Å². The van der Waals surface area contributed by atoms with Crippen LogP contribution in [0.3, 0.4) is 0 Å². The van der Waals surface area contributed by atoms with Gasteiger partial charge < -0.3 is 14.8 Å². The van der Waals surface area contributed by atoms with Gasteiger partial charge in [0.15, 0.2) is 0 Å². The molecule has 3 nitrogen and oxygen atoms in total. The van der Waals surface area contributed by atoms with Crippen molar-refractivity contribution in [3.63, 3.8) is 0 Å². The quantitative estimate of drug-likeness (QED) is 0.889. The number of hydrogen-bond donors (Lipinski definition) is 1. The molecule has 0 aromatic heterocycles. The van der Waals surface area contributed by atoms with E-state index in [2.05, 4.69) is 31.3 Å². The summed E-state index contributed by atoms with van der Waals surface area (Å²) >= 11 is 0. The number of nitrogens with one attached hydrogen (secondary N) is 1. The highest BCUT2D eigenvalue weighted by Crippen LogP contribution is 2.27. The van der Waals surface area contributed by atoms with E-state index in [9.17, 15) is 0 Å². The van der Waals surface area contributed by atoms with E-state index in [0.29, 0.717) is 6.10 Å². The second-order valence-electron chi connectivity index (χ2n) is 5.22. The van der Waals surface area contributed by atoms with Crippen LogP contribution in [0.25, 0.3) is 0 Å². The van der Waals surface area contributed by atoms with Crippen molar-refractivity contribution in [2.75, 3.05) is 20.2 Å². The standard InChI is InChI=1S/C15H23NO2/c1-4-13-10-16-11-15(2,18-13)9-12-7-5-6-8-14(12)17-3/h5-8,13,16H,4,9-11H2,1-3H3. The number of benzene rings is 1. The van der Waals surface area contributed by atoms with Crippen LogP contribution in [0, 0.1) is 0 Å². The van der Waals surface area contributed by atoms with Gasteiger partial charge in [0.25, 0.3) is 0 Å². The maximum absolute atomic E-state index is 6.21. The Balaban J connectivity index is 2.11. The Kier molecular flexibility index (Phi) is 4.25. The lowest BCUT2D eigenvalue weighted by Crippen LogP contribution is -2.53. The largest absolute Gasteiger partial charge is 0.496 e. The van der Waals surface area contributed by atoms with Crippen LogP contribution in [-0.2, 0) is 11.2 Å². The average molecular weight is 249 g/mol. The minimum absolute atomic E-state index is 0.145. The van der Waals surface area contributed by atoms with Crippen molar-refractivity contribution in [1.29, 1.82) is 0 Å². The molecule has 2 atom stereocenters. The van der Waals surface area contributed by atoms with Gasteiger partial charge in [-0.1, -0.05) is 25.1 Å². The van der Waals surface area contributed by atoms with E-state index in [1.54, 1.807) is 7.11 Å². The zero-order valence-corrected chi connectivity index (χ0v) is 11.5. The Labute approximate surface area is 109 Å². The maximum atomic E-state index is 6.21. The van der Waals surface area contributed by atoms with Crippen molar-refractivity contribution in [3.05, 3.63) is 29.8 Å². The Bertz CT molecular complexity index is 394. The third-order valence-electron chi connectivity index (χ3n) is 3.53. The first kappa shape index (κ1) is 13.4. The monoisotopic (exact) mass is 249 g/mol. The molecule has 18 heavy (non-hydrogen) atoms. The molecular formula is C15H23NO2. The van der Waals surface area contributed by atoms with E-state index in [0.717, 1.165) is 31.7 Å². The van der Waals surface area contributed by atoms with Crippen molar-refractivity contribution in [2.24, 2.45) is 0 Å². The predicted octanol–water partition coefficient (Wildman–Crippen LogP) is 2.39. The summed E-state index contributed by atoms with van der Waals surface area (Å²) in [7, 11) is 1.72. The van der Waals surface area contributed by atoms with Gasteiger partial charge in [-0.3, -0.25) is 0 Å². The first-order chi connectivity index (χ1) is 8.67. The molecule has 2 unspecified atom stereocenters. The molecule has 0 radical (unpaired) electrons. The molecule has 1 aliphatic heterocycles. The molecule has 100 valence electrons. The number of morpholine rings is 1. The molecule has 1 heterocycles. The molecule has 3 heteroatoms. The van der Waals surface area contributed by atoms with Gasteiger partial charge in [-0.15, -0.1) is 0 Å². The first-order valence-electron chi connectivity index (χ1n) is 6.67. The number of hydrogen-bond acceptors (Lipinski definition) is 3. The predicted molar refractivity (Wildman–Crippen MR) is 73.1 cm³/mol. The van der Waals surface area contributed by atoms with Crippen molar-refractivity contribution in [2.45, 2.75) is 38.4 Å². The van der Waals surface area contributed by atoms with E-state index >= 15 is 0 Å². The fourth-order valence-electron chi connectivity index (χ4n) is 2.57. The molecule has 0 aliphatic carbocycles. The van der Waals surface area contributed by atoms with Crippen molar-refractivity contribution < 1.29 is 9.47 Å². The highest BCUT2D eigenvalue weighted by atomic mass is 16.5. The van der Waals surface area contributed by atoms with Crippen molar-refractivity contribution in [1.82, 2.24) is 5.32 Å². The summed E-state index contributed by atoms with van der Waals surface area (Å²) in [6.45, 7) is 6.19. The maximum Gasteiger partial charge on any atom is 0.122 e. The highest BCUT2D eigenvalue weighted by Gasteiger charge is 2.33. The molecule has 1 aliphatic rings. The summed E-state index contributed by atoms with van der Waals surface area (Å²) in [6.07, 6.45) is 2.24. The SMILES string of the molecule is CCC1CNCC(C)(Cc2ccccc2OC)O1. The molecule has 2 rings (SSSR count). The van der Waals surface area contributed by atoms with Crippen LogP contribution < -0.4 is 10.1 Å². The topological polar surface area (TPSA) is 30.5 Å². The molecule has 1 aromatic rings. The third-order valence-corrected chi connectivity index (χ3v) is 3.53. The first-order valence-corrected chi connectivity index (χ1v) is 6.67. The van der Waals surface area contributed by atoms with Gasteiger partial charge in [-0.05, 0) is 25.0 Å². The van der Waals surface area contributed by atoms with Crippen LogP contribution in [-0.4, -0.2) is 31.9 Å². The van der Waals surface area contributed by atoms with Crippen molar-refractivity contribution >= 4 is 0 Å². The van der Waals surface area contributed by atoms with Gasteiger partial charge >= 0.3 is 0 Å². The van der Waals surface area contributed by atoms with Crippen LogP contribution in [0.15, 0.2) is 24.3 Å². The number of para-hydroxylation sites is 1. The number of ether oxygens (including phenoxy) is 2. The Morgan fingerprint density at radius 2 is 2.22 bits per heavy atom. The molecule has 0 saturated carbocycles. The minimum atomic E-state index is -0.145. The molecule has 0 spiro atoms. The van der Waals surface area contributed by atoms with Crippen LogP contribution in [0.4, 0.5) is 0 Å². The van der Waals surface area contributed by atoms with E-state index in [1.165, 1.54) is 5.56 Å². The third kappa shape index (κ3) is 3.03. The molecule has 1 saturated heterocycles. The van der Waals surface area contributed by atoms with E-state index in [1.807, 2.05) is 12.1 Å². The summed E-state index contributed by atoms with van der Waals surface area (Å²) in [5, 5.41) is 3.47. The van der Waals surface area contributed by atoms with Crippen LogP contribution in [0.1, 0.15) is 25.8 Å². The molecule has 0 amide bonds. The Morgan fingerprint density at radius 1 is 1.44 bits per heavy atom. The summed E-state index contributed by atoms with van der Waals surface area (Å²) in [6, 6.07) is 8.17. The van der Waals surface area contributed by atoms with Gasteiger partial charge in [0.05, 0.1) is 18.8 Å². The Morgan fingerprint density at radius 3 is 2.94 bits per heavy atom. The van der Waals surface area contributed by atoms with Crippen LogP contribution >= 0.6 is 0 Å². The summed E-state index contributed by atoms with van der Waals surface area (Å²) in [5.41, 5.74) is 1.06. The number of methoxy groups -OCH3 is 1. The van der Waals surface area contributed by atoms with Gasteiger partial charge in [0, 0.05) is 19.5 Å². The van der Waals surface area contributed by atoms with Crippen LogP contribution in [0.5, 0.6) is 5.75 Å². The zero-order chi connectivity index (χ0) is 13.0. The van der Waals surface area contributed by atoms with E-state index in [-0.39, 0.29) is 5.60 Å². The summed E-state index contributed by atoms with van der Waals surface area (Å²) in [4.78, 5) is 0. The minimum Gasteiger partial charge on any atom is -0.496 e. The van der Waals surface area contributed by atoms with Crippen molar-refractivity contribution in [3.8, 4) is 5.75 Å². The van der Waals surface area contributed by atoms with Gasteiger partial charge in [0.2, 0.25) is 0 Å². The lowest BCUT2D eigenvalue weighted by molar-refractivity contribution is -0.105. The van der Waals surface area contributed by atoms with Gasteiger partial charge in [0.1, 0.15) is 5.75 Å². The Hall–Kier alpha value is -1.06. The summed E-state index contributed by atoms with van der Waals surface area (Å²) < 4.78 is 11.6. The second-order valence-corrected chi connectivity index (χ2v) is 5.22.